The van der Waals surface area contributed by atoms with Crippen LogP contribution in [0.3, 0.4) is 0 Å². The van der Waals surface area contributed by atoms with Crippen LogP contribution in [0.5, 0.6) is 5.75 Å². The Hall–Kier alpha value is 0.441. The van der Waals surface area contributed by atoms with Crippen LogP contribution >= 0.6 is 0 Å². The topological polar surface area (TPSA) is 20.2 Å². The molecule has 0 aliphatic rings. The van der Waals surface area contributed by atoms with Crippen molar-refractivity contribution in [1.29, 1.82) is 0 Å². The van der Waals surface area contributed by atoms with Gasteiger partial charge < -0.3 is 18.1 Å². The summed E-state index contributed by atoms with van der Waals surface area (Å²) < 4.78 is 48.1. The zero-order valence-corrected chi connectivity index (χ0v) is 9.89. The van der Waals surface area contributed by atoms with Crippen molar-refractivity contribution in [1.82, 2.24) is 0 Å². The molecule has 66 valence electrons. The molecule has 1 aromatic rings. The number of hydrogen-bond acceptors (Lipinski definition) is 1. The summed E-state index contributed by atoms with van der Waals surface area (Å²) >= 11 is 0. The van der Waals surface area contributed by atoms with E-state index in [4.69, 9.17) is 5.11 Å². The molecule has 0 atom stereocenters. The summed E-state index contributed by atoms with van der Waals surface area (Å²) in [6, 6.07) is 1.59. The van der Waals surface area contributed by atoms with Crippen molar-refractivity contribution in [2.45, 2.75) is 0 Å². The van der Waals surface area contributed by atoms with Gasteiger partial charge in [-0.25, -0.2) is 4.39 Å². The quantitative estimate of drug-likeness (QED) is 0.453. The van der Waals surface area contributed by atoms with E-state index in [0.29, 0.717) is 12.1 Å². The van der Waals surface area contributed by atoms with Crippen molar-refractivity contribution in [2.24, 2.45) is 0 Å². The molecule has 1 rings (SSSR count). The molecule has 0 fully saturated rings. The molecule has 0 aliphatic heterocycles. The van der Waals surface area contributed by atoms with Crippen LogP contribution in [-0.4, -0.2) is 12.1 Å². The Morgan fingerprint density at radius 3 is 2.08 bits per heavy atom. The van der Waals surface area contributed by atoms with E-state index in [1.54, 1.807) is 0 Å². The first-order chi connectivity index (χ1) is 5.41. The fourth-order valence-corrected chi connectivity index (χ4v) is 0.727. The maximum Gasteiger partial charge on any atom is 1.00 e. The average Bonchev–Trinajstić information content (AvgIpc) is 1.92. The Kier molecular flexibility index (Phi) is 4.95. The minimum Gasteiger partial charge on any atom is -0.505 e. The number of hydrogen-bond donors (Lipinski definition) is 1. The van der Waals surface area contributed by atoms with E-state index in [2.05, 4.69) is 0 Å². The molecule has 0 unspecified atom stereocenters. The molecule has 1 N–H and O–H groups in total. The first-order valence-corrected chi connectivity index (χ1v) is 3.09. The number of aromatic hydroxyl groups is 1. The monoisotopic (exact) mass is 218 g/mol. The third-order valence-electron chi connectivity index (χ3n) is 1.35. The van der Waals surface area contributed by atoms with Gasteiger partial charge in [-0.1, -0.05) is 6.07 Å². The molecule has 0 heterocycles. The largest absolute Gasteiger partial charge is 1.00 e. The molecule has 0 amide bonds. The molecular weight excluding hydrogens is 214 g/mol. The van der Waals surface area contributed by atoms with Crippen LogP contribution in [0.15, 0.2) is 18.2 Å². The Labute approximate surface area is 115 Å². The van der Waals surface area contributed by atoms with Gasteiger partial charge in [0.05, 0.1) is 0 Å². The summed E-state index contributed by atoms with van der Waals surface area (Å²) in [4.78, 5) is 0. The van der Waals surface area contributed by atoms with Gasteiger partial charge in [0.15, 0.2) is 11.6 Å². The van der Waals surface area contributed by atoms with E-state index < -0.39 is 24.0 Å². The average molecular weight is 218 g/mol. The summed E-state index contributed by atoms with van der Waals surface area (Å²) in [6.07, 6.45) is 0. The van der Waals surface area contributed by atoms with Crippen molar-refractivity contribution in [3.63, 3.8) is 0 Å². The summed E-state index contributed by atoms with van der Waals surface area (Å²) in [7, 11) is 0. The van der Waals surface area contributed by atoms with Crippen LogP contribution in [-0.2, 0) is 0 Å². The molecule has 0 spiro atoms. The molecule has 0 saturated heterocycles. The molecule has 7 heteroatoms. The third-order valence-corrected chi connectivity index (χ3v) is 1.35. The van der Waals surface area contributed by atoms with E-state index in [1.165, 1.54) is 0 Å². The summed E-state index contributed by atoms with van der Waals surface area (Å²) in [5, 5.41) is 8.57. The van der Waals surface area contributed by atoms with Crippen LogP contribution in [0, 0.1) is 5.82 Å². The van der Waals surface area contributed by atoms with Gasteiger partial charge in [-0.3, -0.25) is 0 Å². The van der Waals surface area contributed by atoms with Crippen LogP contribution in [0.2, 0.25) is 0 Å². The van der Waals surface area contributed by atoms with Gasteiger partial charge in [-0.05, 0) is 12.1 Å². The summed E-state index contributed by atoms with van der Waals surface area (Å²) in [5.74, 6) is -2.04. The van der Waals surface area contributed by atoms with Crippen molar-refractivity contribution < 1.29 is 73.8 Å². The first-order valence-electron chi connectivity index (χ1n) is 3.09. The zero-order valence-electron chi connectivity index (χ0n) is 6.77. The van der Waals surface area contributed by atoms with Gasteiger partial charge in [0.2, 0.25) is 0 Å². The van der Waals surface area contributed by atoms with Gasteiger partial charge in [0.25, 0.3) is 0 Å². The Morgan fingerprint density at radius 2 is 1.69 bits per heavy atom. The molecule has 0 aromatic heterocycles. The number of benzene rings is 1. The van der Waals surface area contributed by atoms with Gasteiger partial charge in [0, 0.05) is 0 Å². The predicted octanol–water partition coefficient (Wildman–Crippen LogP) is -1.41. The second-order valence-corrected chi connectivity index (χ2v) is 2.29. The molecule has 0 aliphatic carbocycles. The second-order valence-electron chi connectivity index (χ2n) is 2.29. The molecular formula is C6H4BF4KO. The number of halogens is 4. The minimum atomic E-state index is -5.19. The SMILES string of the molecule is Oc1ccc([B-](F)(F)F)cc1F.[K+]. The van der Waals surface area contributed by atoms with Crippen molar-refractivity contribution >= 4 is 12.4 Å². The van der Waals surface area contributed by atoms with E-state index in [-0.39, 0.29) is 57.5 Å². The summed E-state index contributed by atoms with van der Waals surface area (Å²) in [5.41, 5.74) is -1.05. The maximum atomic E-state index is 12.4. The smallest absolute Gasteiger partial charge is 0.505 e. The van der Waals surface area contributed by atoms with Crippen molar-refractivity contribution in [2.75, 3.05) is 0 Å². The van der Waals surface area contributed by atoms with Gasteiger partial charge >= 0.3 is 58.4 Å². The normalized spacial score (nSPS) is 10.8. The third kappa shape index (κ3) is 3.59. The van der Waals surface area contributed by atoms with Crippen molar-refractivity contribution in [3.05, 3.63) is 24.0 Å². The van der Waals surface area contributed by atoms with Gasteiger partial charge in [-0.2, -0.15) is 0 Å². The zero-order chi connectivity index (χ0) is 9.35. The molecule has 0 radical (unpaired) electrons. The van der Waals surface area contributed by atoms with Crippen LogP contribution in [0.4, 0.5) is 17.3 Å². The second kappa shape index (κ2) is 4.79. The van der Waals surface area contributed by atoms with Crippen molar-refractivity contribution in [3.8, 4) is 5.75 Å². The standard InChI is InChI=1S/C6H4BF4O.K/c8-5-3-4(7(9,10)11)1-2-6(5)12;/h1-3,12H;/q-1;+1. The van der Waals surface area contributed by atoms with Crippen LogP contribution < -0.4 is 56.8 Å². The maximum absolute atomic E-state index is 12.4. The molecule has 0 saturated carbocycles. The molecule has 1 nitrogen and oxygen atoms in total. The Morgan fingerprint density at radius 1 is 1.15 bits per heavy atom. The van der Waals surface area contributed by atoms with Crippen LogP contribution in [0.25, 0.3) is 0 Å². The van der Waals surface area contributed by atoms with E-state index in [0.717, 1.165) is 0 Å². The molecule has 13 heavy (non-hydrogen) atoms. The minimum absolute atomic E-state index is 0. The summed E-state index contributed by atoms with van der Waals surface area (Å²) in [6.45, 7) is -5.19. The van der Waals surface area contributed by atoms with E-state index in [9.17, 15) is 17.3 Å². The van der Waals surface area contributed by atoms with Gasteiger partial charge in [0.1, 0.15) is 0 Å². The number of phenols is 1. The Bertz CT molecular complexity index is 301. The molecule has 1 aromatic carbocycles. The van der Waals surface area contributed by atoms with E-state index in [1.807, 2.05) is 0 Å². The van der Waals surface area contributed by atoms with Crippen LogP contribution in [0.1, 0.15) is 0 Å². The van der Waals surface area contributed by atoms with Gasteiger partial charge in [-0.15, -0.1) is 5.46 Å². The molecule has 0 bridgehead atoms. The first kappa shape index (κ1) is 13.4. The fraction of sp³-hybridized carbons (Fsp3) is 0. The predicted molar refractivity (Wildman–Crippen MR) is 36.8 cm³/mol. The number of phenolic OH excluding ortho intramolecular Hbond substituents is 1. The number of rotatable bonds is 1. The van der Waals surface area contributed by atoms with E-state index >= 15 is 0 Å². The Balaban J connectivity index is 0.00000144. The fourth-order valence-electron chi connectivity index (χ4n) is 0.727.